The van der Waals surface area contributed by atoms with Crippen molar-refractivity contribution < 1.29 is 22.7 Å². The molecule has 0 aliphatic carbocycles. The summed E-state index contributed by atoms with van der Waals surface area (Å²) in [5.74, 6) is -0.550. The Morgan fingerprint density at radius 3 is 2.67 bits per heavy atom. The summed E-state index contributed by atoms with van der Waals surface area (Å²) in [5.41, 5.74) is 1.06. The quantitative estimate of drug-likeness (QED) is 0.917. The second kappa shape index (κ2) is 7.01. The average Bonchev–Trinajstić information content (AvgIpc) is 2.54. The van der Waals surface area contributed by atoms with Gasteiger partial charge in [-0.05, 0) is 44.0 Å². The number of nitrogens with one attached hydrogen (secondary N) is 1. The van der Waals surface area contributed by atoms with Crippen LogP contribution in [0.5, 0.6) is 5.75 Å². The minimum atomic E-state index is -4.12. The van der Waals surface area contributed by atoms with E-state index in [4.69, 9.17) is 4.74 Å². The van der Waals surface area contributed by atoms with Crippen molar-refractivity contribution in [1.82, 2.24) is 10.2 Å². The second-order valence-electron chi connectivity index (χ2n) is 6.48. The number of rotatable bonds is 3. The fraction of sp³-hybridized carbons (Fsp3) is 0.588. The highest BCUT2D eigenvalue weighted by atomic mass is 19.4. The molecule has 0 radical (unpaired) electrons. The van der Waals surface area contributed by atoms with Crippen LogP contribution in [0, 0.1) is 5.92 Å². The zero-order valence-electron chi connectivity index (χ0n) is 13.3. The van der Waals surface area contributed by atoms with Crippen LogP contribution in [0.1, 0.15) is 18.4 Å². The number of benzene rings is 1. The first-order valence-corrected chi connectivity index (χ1v) is 8.21. The molecule has 132 valence electrons. The molecule has 0 aromatic heterocycles. The Hall–Kier alpha value is -1.76. The summed E-state index contributed by atoms with van der Waals surface area (Å²) in [6, 6.07) is 7.60. The van der Waals surface area contributed by atoms with Gasteiger partial charge in [0.1, 0.15) is 12.4 Å². The number of likely N-dealkylation sites (tertiary alicyclic amines) is 1. The van der Waals surface area contributed by atoms with Crippen molar-refractivity contribution in [2.75, 3.05) is 26.2 Å². The molecule has 2 heterocycles. The van der Waals surface area contributed by atoms with E-state index >= 15 is 0 Å². The van der Waals surface area contributed by atoms with Crippen LogP contribution in [0.15, 0.2) is 24.3 Å². The minimum absolute atomic E-state index is 0.0662. The van der Waals surface area contributed by atoms with Gasteiger partial charge in [0.25, 0.3) is 0 Å². The molecule has 0 unspecified atom stereocenters. The maximum Gasteiger partial charge on any atom is 0.391 e. The van der Waals surface area contributed by atoms with E-state index < -0.39 is 12.1 Å². The summed E-state index contributed by atoms with van der Waals surface area (Å²) < 4.78 is 43.6. The van der Waals surface area contributed by atoms with E-state index in [0.29, 0.717) is 26.1 Å². The molecule has 2 aliphatic heterocycles. The third-order valence-corrected chi connectivity index (χ3v) is 4.66. The molecule has 1 amide bonds. The zero-order valence-corrected chi connectivity index (χ0v) is 13.3. The number of para-hydroxylation sites is 1. The van der Waals surface area contributed by atoms with Crippen molar-refractivity contribution in [3.05, 3.63) is 29.8 Å². The lowest BCUT2D eigenvalue weighted by atomic mass is 9.96. The van der Waals surface area contributed by atoms with Gasteiger partial charge in [0.15, 0.2) is 0 Å². The average molecular weight is 342 g/mol. The zero-order chi connectivity index (χ0) is 17.2. The van der Waals surface area contributed by atoms with Crippen molar-refractivity contribution >= 4 is 5.91 Å². The number of piperidine rings is 1. The highest BCUT2D eigenvalue weighted by molar-refractivity contribution is 5.78. The van der Waals surface area contributed by atoms with E-state index in [2.05, 4.69) is 5.32 Å². The molecule has 1 N–H and O–H groups in total. The smallest absolute Gasteiger partial charge is 0.391 e. The van der Waals surface area contributed by atoms with Gasteiger partial charge >= 0.3 is 6.18 Å². The molecule has 7 heteroatoms. The molecule has 1 fully saturated rings. The Kier molecular flexibility index (Phi) is 4.99. The molecule has 0 spiro atoms. The van der Waals surface area contributed by atoms with E-state index in [-0.39, 0.29) is 31.3 Å². The first kappa shape index (κ1) is 17.1. The van der Waals surface area contributed by atoms with Crippen LogP contribution in [0.25, 0.3) is 0 Å². The minimum Gasteiger partial charge on any atom is -0.491 e. The molecular formula is C17H21F3N2O2. The van der Waals surface area contributed by atoms with E-state index in [1.807, 2.05) is 24.3 Å². The molecule has 0 saturated carbocycles. The summed E-state index contributed by atoms with van der Waals surface area (Å²) >= 11 is 0. The standard InChI is InChI=1S/C17H21F3N2O2/c18-17(19,20)13-5-7-22(8-6-13)10-16(23)21-14-9-12-3-1-2-4-15(12)24-11-14/h1-4,13-14H,5-11H2,(H,21,23)/t14-/m1/s1. The van der Waals surface area contributed by atoms with Gasteiger partial charge in [0.05, 0.1) is 18.5 Å². The maximum atomic E-state index is 12.6. The van der Waals surface area contributed by atoms with Crippen molar-refractivity contribution in [2.45, 2.75) is 31.5 Å². The van der Waals surface area contributed by atoms with Gasteiger partial charge in [-0.1, -0.05) is 18.2 Å². The third kappa shape index (κ3) is 4.20. The van der Waals surface area contributed by atoms with Gasteiger partial charge in [-0.2, -0.15) is 13.2 Å². The van der Waals surface area contributed by atoms with Gasteiger partial charge in [-0.25, -0.2) is 0 Å². The molecule has 1 atom stereocenters. The lowest BCUT2D eigenvalue weighted by Gasteiger charge is -2.33. The number of carbonyl (C=O) groups is 1. The van der Waals surface area contributed by atoms with Crippen molar-refractivity contribution in [1.29, 1.82) is 0 Å². The largest absolute Gasteiger partial charge is 0.491 e. The number of hydrogen-bond acceptors (Lipinski definition) is 3. The normalized spacial score (nSPS) is 22.5. The van der Waals surface area contributed by atoms with Gasteiger partial charge in [0.2, 0.25) is 5.91 Å². The second-order valence-corrected chi connectivity index (χ2v) is 6.48. The molecule has 4 nitrogen and oxygen atoms in total. The van der Waals surface area contributed by atoms with Gasteiger partial charge in [0, 0.05) is 0 Å². The molecular weight excluding hydrogens is 321 g/mol. The summed E-state index contributed by atoms with van der Waals surface area (Å²) in [4.78, 5) is 13.9. The number of fused-ring (bicyclic) bond motifs is 1. The predicted octanol–water partition coefficient (Wildman–Crippen LogP) is 2.38. The first-order chi connectivity index (χ1) is 11.4. The summed E-state index contributed by atoms with van der Waals surface area (Å²) in [6.07, 6.45) is -3.29. The molecule has 1 aromatic rings. The summed E-state index contributed by atoms with van der Waals surface area (Å²) in [5, 5.41) is 2.92. The monoisotopic (exact) mass is 342 g/mol. The van der Waals surface area contributed by atoms with Crippen LogP contribution in [0.3, 0.4) is 0 Å². The van der Waals surface area contributed by atoms with Crippen LogP contribution in [0.2, 0.25) is 0 Å². The highest BCUT2D eigenvalue weighted by Crippen LogP contribution is 2.34. The molecule has 0 bridgehead atoms. The highest BCUT2D eigenvalue weighted by Gasteiger charge is 2.41. The number of hydrogen-bond donors (Lipinski definition) is 1. The number of ether oxygens (including phenoxy) is 1. The topological polar surface area (TPSA) is 41.6 Å². The molecule has 24 heavy (non-hydrogen) atoms. The first-order valence-electron chi connectivity index (χ1n) is 8.21. The van der Waals surface area contributed by atoms with Crippen molar-refractivity contribution in [3.8, 4) is 5.75 Å². The van der Waals surface area contributed by atoms with E-state index in [1.54, 1.807) is 4.90 Å². The van der Waals surface area contributed by atoms with Crippen LogP contribution in [0.4, 0.5) is 13.2 Å². The van der Waals surface area contributed by atoms with Crippen LogP contribution < -0.4 is 10.1 Å². The number of amides is 1. The summed E-state index contributed by atoms with van der Waals surface area (Å²) in [7, 11) is 0. The van der Waals surface area contributed by atoms with Gasteiger partial charge < -0.3 is 10.1 Å². The fourth-order valence-corrected chi connectivity index (χ4v) is 3.32. The Balaban J connectivity index is 1.44. The molecule has 1 aromatic carbocycles. The molecule has 2 aliphatic rings. The number of nitrogens with zero attached hydrogens (tertiary/aromatic N) is 1. The van der Waals surface area contributed by atoms with Gasteiger partial charge in [-0.15, -0.1) is 0 Å². The van der Waals surface area contributed by atoms with Gasteiger partial charge in [-0.3, -0.25) is 9.69 Å². The van der Waals surface area contributed by atoms with Crippen LogP contribution in [-0.4, -0.2) is 49.3 Å². The van der Waals surface area contributed by atoms with Crippen LogP contribution >= 0.6 is 0 Å². The SMILES string of the molecule is O=C(CN1CCC(C(F)(F)F)CC1)N[C@H]1COc2ccccc2C1. The van der Waals surface area contributed by atoms with E-state index in [1.165, 1.54) is 0 Å². The number of alkyl halides is 3. The van der Waals surface area contributed by atoms with E-state index in [0.717, 1.165) is 11.3 Å². The maximum absolute atomic E-state index is 12.6. The third-order valence-electron chi connectivity index (χ3n) is 4.66. The Bertz CT molecular complexity index is 583. The Morgan fingerprint density at radius 1 is 1.25 bits per heavy atom. The lowest BCUT2D eigenvalue weighted by Crippen LogP contribution is -2.48. The lowest BCUT2D eigenvalue weighted by molar-refractivity contribution is -0.185. The Morgan fingerprint density at radius 2 is 1.96 bits per heavy atom. The number of carbonyl (C=O) groups excluding carboxylic acids is 1. The summed E-state index contributed by atoms with van der Waals surface area (Å²) in [6.45, 7) is 1.17. The van der Waals surface area contributed by atoms with Crippen LogP contribution in [-0.2, 0) is 11.2 Å². The molecule has 3 rings (SSSR count). The van der Waals surface area contributed by atoms with E-state index in [9.17, 15) is 18.0 Å². The molecule has 1 saturated heterocycles. The fourth-order valence-electron chi connectivity index (χ4n) is 3.32. The predicted molar refractivity (Wildman–Crippen MR) is 82.8 cm³/mol. The Labute approximate surface area is 139 Å². The van der Waals surface area contributed by atoms with Crippen molar-refractivity contribution in [3.63, 3.8) is 0 Å². The van der Waals surface area contributed by atoms with Crippen molar-refractivity contribution in [2.24, 2.45) is 5.92 Å². The number of halogens is 3.